The summed E-state index contributed by atoms with van der Waals surface area (Å²) in [6.45, 7) is 2.82. The fraction of sp³-hybridized carbons (Fsp3) is 0.333. The Balaban J connectivity index is 1.87. The molecular formula is C15H16N2O2. The van der Waals surface area contributed by atoms with Crippen LogP contribution in [0.15, 0.2) is 30.5 Å². The number of amides is 1. The molecule has 0 saturated carbocycles. The molecule has 2 heterocycles. The van der Waals surface area contributed by atoms with Gasteiger partial charge in [-0.2, -0.15) is 0 Å². The number of nitrogens with one attached hydrogen (secondary N) is 1. The van der Waals surface area contributed by atoms with E-state index in [1.165, 1.54) is 0 Å². The second-order valence-electron chi connectivity index (χ2n) is 5.10. The number of hydrogen-bond donors (Lipinski definition) is 1. The molecule has 1 unspecified atom stereocenters. The van der Waals surface area contributed by atoms with Gasteiger partial charge in [-0.05, 0) is 19.4 Å². The first-order valence-electron chi connectivity index (χ1n) is 6.52. The van der Waals surface area contributed by atoms with Crippen LogP contribution in [0.1, 0.15) is 23.7 Å². The number of ketones is 1. The number of hydrogen-bond acceptors (Lipinski definition) is 2. The summed E-state index contributed by atoms with van der Waals surface area (Å²) in [5.74, 6) is 0.199. The molecule has 1 aromatic carbocycles. The van der Waals surface area contributed by atoms with Crippen molar-refractivity contribution >= 4 is 22.6 Å². The van der Waals surface area contributed by atoms with E-state index in [-0.39, 0.29) is 17.6 Å². The molecule has 1 saturated heterocycles. The van der Waals surface area contributed by atoms with Gasteiger partial charge < -0.3 is 9.88 Å². The smallest absolute Gasteiger partial charge is 0.256 e. The van der Waals surface area contributed by atoms with Crippen molar-refractivity contribution in [1.29, 1.82) is 0 Å². The molecule has 1 atom stereocenters. The number of H-pyrrole nitrogens is 1. The van der Waals surface area contributed by atoms with Crippen molar-refractivity contribution < 1.29 is 9.59 Å². The largest absolute Gasteiger partial charge is 0.360 e. The standard InChI is InChI=1S/C15H16N2O2/c1-10(18)11-6-7-17(9-11)15(19)13-8-16-14-5-3-2-4-12(13)14/h2-5,8,11,16H,6-7,9H2,1H3. The Kier molecular flexibility index (Phi) is 2.85. The minimum atomic E-state index is 0.00848. The zero-order valence-electron chi connectivity index (χ0n) is 10.8. The molecule has 0 spiro atoms. The Morgan fingerprint density at radius 1 is 1.32 bits per heavy atom. The van der Waals surface area contributed by atoms with E-state index < -0.39 is 0 Å². The molecule has 1 N–H and O–H groups in total. The number of nitrogens with zero attached hydrogens (tertiary/aromatic N) is 1. The zero-order chi connectivity index (χ0) is 13.4. The quantitative estimate of drug-likeness (QED) is 0.895. The molecule has 0 aliphatic carbocycles. The Bertz CT molecular complexity index is 644. The maximum Gasteiger partial charge on any atom is 0.256 e. The number of aromatic amines is 1. The Hall–Kier alpha value is -2.10. The molecule has 1 amide bonds. The lowest BCUT2D eigenvalue weighted by atomic mass is 10.1. The van der Waals surface area contributed by atoms with E-state index in [9.17, 15) is 9.59 Å². The number of likely N-dealkylation sites (tertiary alicyclic amines) is 1. The summed E-state index contributed by atoms with van der Waals surface area (Å²) in [6.07, 6.45) is 2.54. The molecule has 1 fully saturated rings. The molecule has 0 radical (unpaired) electrons. The summed E-state index contributed by atoms with van der Waals surface area (Å²) in [7, 11) is 0. The Morgan fingerprint density at radius 3 is 2.84 bits per heavy atom. The van der Waals surface area contributed by atoms with Gasteiger partial charge in [-0.15, -0.1) is 0 Å². The van der Waals surface area contributed by atoms with Crippen molar-refractivity contribution in [3.8, 4) is 0 Å². The first-order valence-corrected chi connectivity index (χ1v) is 6.52. The Labute approximate surface area is 111 Å². The second-order valence-corrected chi connectivity index (χ2v) is 5.10. The minimum absolute atomic E-state index is 0.00848. The number of fused-ring (bicyclic) bond motifs is 1. The third-order valence-electron chi connectivity index (χ3n) is 3.87. The summed E-state index contributed by atoms with van der Waals surface area (Å²) in [5, 5.41) is 0.943. The summed E-state index contributed by atoms with van der Waals surface area (Å²) < 4.78 is 0. The molecule has 4 heteroatoms. The summed E-state index contributed by atoms with van der Waals surface area (Å²) >= 11 is 0. The average molecular weight is 256 g/mol. The molecular weight excluding hydrogens is 240 g/mol. The number of carbonyl (C=O) groups excluding carboxylic acids is 2. The fourth-order valence-corrected chi connectivity index (χ4v) is 2.70. The normalized spacial score (nSPS) is 19.0. The van der Waals surface area contributed by atoms with Crippen LogP contribution in [0.4, 0.5) is 0 Å². The van der Waals surface area contributed by atoms with Crippen LogP contribution in [0.2, 0.25) is 0 Å². The predicted octanol–water partition coefficient (Wildman–Crippen LogP) is 2.22. The van der Waals surface area contributed by atoms with Crippen molar-refractivity contribution in [3.63, 3.8) is 0 Å². The molecule has 1 aromatic heterocycles. The number of benzene rings is 1. The molecule has 3 rings (SSSR count). The molecule has 2 aromatic rings. The van der Waals surface area contributed by atoms with Gasteiger partial charge in [-0.1, -0.05) is 18.2 Å². The van der Waals surface area contributed by atoms with Gasteiger partial charge in [0, 0.05) is 36.1 Å². The van der Waals surface area contributed by atoms with Gasteiger partial charge in [0.1, 0.15) is 5.78 Å². The van der Waals surface area contributed by atoms with E-state index in [4.69, 9.17) is 0 Å². The number of rotatable bonds is 2. The third kappa shape index (κ3) is 2.03. The van der Waals surface area contributed by atoms with Gasteiger partial charge in [0.2, 0.25) is 0 Å². The van der Waals surface area contributed by atoms with Crippen LogP contribution < -0.4 is 0 Å². The molecule has 1 aliphatic heterocycles. The number of carbonyl (C=O) groups is 2. The van der Waals surface area contributed by atoms with E-state index in [2.05, 4.69) is 4.98 Å². The fourth-order valence-electron chi connectivity index (χ4n) is 2.70. The summed E-state index contributed by atoms with van der Waals surface area (Å²) in [4.78, 5) is 28.7. The zero-order valence-corrected chi connectivity index (χ0v) is 10.8. The van der Waals surface area contributed by atoms with Crippen molar-refractivity contribution in [2.45, 2.75) is 13.3 Å². The lowest BCUT2D eigenvalue weighted by Gasteiger charge is -2.15. The third-order valence-corrected chi connectivity index (χ3v) is 3.87. The van der Waals surface area contributed by atoms with E-state index in [0.29, 0.717) is 18.7 Å². The number of para-hydroxylation sites is 1. The van der Waals surface area contributed by atoms with Crippen LogP contribution in [-0.4, -0.2) is 34.7 Å². The van der Waals surface area contributed by atoms with Crippen LogP contribution in [0.5, 0.6) is 0 Å². The van der Waals surface area contributed by atoms with E-state index >= 15 is 0 Å². The minimum Gasteiger partial charge on any atom is -0.360 e. The highest BCUT2D eigenvalue weighted by molar-refractivity contribution is 6.06. The van der Waals surface area contributed by atoms with E-state index in [1.807, 2.05) is 24.3 Å². The van der Waals surface area contributed by atoms with Crippen LogP contribution in [0.3, 0.4) is 0 Å². The highest BCUT2D eigenvalue weighted by Crippen LogP contribution is 2.23. The lowest BCUT2D eigenvalue weighted by Crippen LogP contribution is -2.29. The van der Waals surface area contributed by atoms with Gasteiger partial charge in [0.15, 0.2) is 0 Å². The summed E-state index contributed by atoms with van der Waals surface area (Å²) in [6, 6.07) is 7.76. The molecule has 0 bridgehead atoms. The van der Waals surface area contributed by atoms with E-state index in [1.54, 1.807) is 18.0 Å². The van der Waals surface area contributed by atoms with Gasteiger partial charge in [0.05, 0.1) is 5.56 Å². The first-order chi connectivity index (χ1) is 9.16. The molecule has 1 aliphatic rings. The predicted molar refractivity (Wildman–Crippen MR) is 73.0 cm³/mol. The highest BCUT2D eigenvalue weighted by atomic mass is 16.2. The van der Waals surface area contributed by atoms with Crippen LogP contribution in [0, 0.1) is 5.92 Å². The first kappa shape index (κ1) is 12.0. The second kappa shape index (κ2) is 4.53. The Morgan fingerprint density at radius 2 is 2.11 bits per heavy atom. The highest BCUT2D eigenvalue weighted by Gasteiger charge is 2.30. The summed E-state index contributed by atoms with van der Waals surface area (Å²) in [5.41, 5.74) is 1.66. The van der Waals surface area contributed by atoms with Gasteiger partial charge >= 0.3 is 0 Å². The maximum atomic E-state index is 12.5. The SMILES string of the molecule is CC(=O)C1CCN(C(=O)c2c[nH]c3ccccc23)C1. The number of Topliss-reactive ketones (excluding diaryl/α,β-unsaturated/α-hetero) is 1. The van der Waals surface area contributed by atoms with Crippen molar-refractivity contribution in [2.75, 3.05) is 13.1 Å². The topological polar surface area (TPSA) is 53.2 Å². The van der Waals surface area contributed by atoms with Crippen LogP contribution >= 0.6 is 0 Å². The van der Waals surface area contributed by atoms with Crippen molar-refractivity contribution in [3.05, 3.63) is 36.0 Å². The van der Waals surface area contributed by atoms with Crippen molar-refractivity contribution in [1.82, 2.24) is 9.88 Å². The monoisotopic (exact) mass is 256 g/mol. The van der Waals surface area contributed by atoms with Crippen molar-refractivity contribution in [2.24, 2.45) is 5.92 Å². The molecule has 98 valence electrons. The van der Waals surface area contributed by atoms with E-state index in [0.717, 1.165) is 17.3 Å². The molecule has 19 heavy (non-hydrogen) atoms. The average Bonchev–Trinajstić information content (AvgIpc) is 3.05. The molecule has 4 nitrogen and oxygen atoms in total. The van der Waals surface area contributed by atoms with Crippen LogP contribution in [-0.2, 0) is 4.79 Å². The maximum absolute atomic E-state index is 12.5. The van der Waals surface area contributed by atoms with Gasteiger partial charge in [0.25, 0.3) is 5.91 Å². The van der Waals surface area contributed by atoms with Crippen LogP contribution in [0.25, 0.3) is 10.9 Å². The number of aromatic nitrogens is 1. The van der Waals surface area contributed by atoms with Gasteiger partial charge in [-0.25, -0.2) is 0 Å². The lowest BCUT2D eigenvalue weighted by molar-refractivity contribution is -0.120. The van der Waals surface area contributed by atoms with Gasteiger partial charge in [-0.3, -0.25) is 9.59 Å².